The first-order valence-corrected chi connectivity index (χ1v) is 6.37. The summed E-state index contributed by atoms with van der Waals surface area (Å²) < 4.78 is 5.68. The van der Waals surface area contributed by atoms with E-state index < -0.39 is 0 Å². The molecule has 2 rings (SSSR count). The molecule has 0 spiro atoms. The van der Waals surface area contributed by atoms with Crippen molar-refractivity contribution in [2.24, 2.45) is 0 Å². The van der Waals surface area contributed by atoms with Gasteiger partial charge < -0.3 is 15.0 Å². The maximum atomic E-state index is 11.0. The van der Waals surface area contributed by atoms with E-state index in [4.69, 9.17) is 4.74 Å². The Morgan fingerprint density at radius 3 is 2.47 bits per heavy atom. The van der Waals surface area contributed by atoms with Gasteiger partial charge in [0.15, 0.2) is 0 Å². The van der Waals surface area contributed by atoms with Gasteiger partial charge in [-0.05, 0) is 19.9 Å². The SMILES string of the molecule is CNc1cc(N2C[C@@H](C)O[C@@H](C)C2)cc([N+](=O)[O-])c1. The third-order valence-corrected chi connectivity index (χ3v) is 3.19. The van der Waals surface area contributed by atoms with Crippen LogP contribution in [0.5, 0.6) is 0 Å². The molecule has 1 heterocycles. The maximum Gasteiger partial charge on any atom is 0.273 e. The van der Waals surface area contributed by atoms with E-state index in [-0.39, 0.29) is 22.8 Å². The van der Waals surface area contributed by atoms with E-state index in [1.165, 1.54) is 6.07 Å². The Morgan fingerprint density at radius 1 is 1.32 bits per heavy atom. The number of nitrogens with zero attached hydrogens (tertiary/aromatic N) is 2. The highest BCUT2D eigenvalue weighted by molar-refractivity contribution is 5.64. The zero-order valence-corrected chi connectivity index (χ0v) is 11.4. The van der Waals surface area contributed by atoms with E-state index in [1.807, 2.05) is 19.9 Å². The van der Waals surface area contributed by atoms with Crippen molar-refractivity contribution in [2.75, 3.05) is 30.4 Å². The topological polar surface area (TPSA) is 67.6 Å². The van der Waals surface area contributed by atoms with Crippen molar-refractivity contribution < 1.29 is 9.66 Å². The normalized spacial score (nSPS) is 23.2. The Morgan fingerprint density at radius 2 is 1.95 bits per heavy atom. The molecule has 1 aromatic rings. The molecule has 6 heteroatoms. The van der Waals surface area contributed by atoms with Crippen molar-refractivity contribution in [1.29, 1.82) is 0 Å². The number of nitro benzene ring substituents is 1. The highest BCUT2D eigenvalue weighted by atomic mass is 16.6. The molecule has 0 aromatic heterocycles. The first kappa shape index (κ1) is 13.6. The first-order valence-electron chi connectivity index (χ1n) is 6.37. The molecule has 1 aromatic carbocycles. The lowest BCUT2D eigenvalue weighted by molar-refractivity contribution is -0.384. The van der Waals surface area contributed by atoms with Crippen LogP contribution in [0.15, 0.2) is 18.2 Å². The summed E-state index contributed by atoms with van der Waals surface area (Å²) in [5.74, 6) is 0. The van der Waals surface area contributed by atoms with E-state index in [2.05, 4.69) is 10.2 Å². The monoisotopic (exact) mass is 265 g/mol. The third-order valence-electron chi connectivity index (χ3n) is 3.19. The lowest BCUT2D eigenvalue weighted by Gasteiger charge is -2.36. The van der Waals surface area contributed by atoms with Crippen LogP contribution in [0.4, 0.5) is 17.1 Å². The summed E-state index contributed by atoms with van der Waals surface area (Å²) >= 11 is 0. The summed E-state index contributed by atoms with van der Waals surface area (Å²) in [6, 6.07) is 5.08. The van der Waals surface area contributed by atoms with Crippen molar-refractivity contribution in [1.82, 2.24) is 0 Å². The number of nitro groups is 1. The molecule has 0 saturated carbocycles. The summed E-state index contributed by atoms with van der Waals surface area (Å²) in [6.07, 6.45) is 0.252. The summed E-state index contributed by atoms with van der Waals surface area (Å²) in [5, 5.41) is 13.9. The standard InChI is InChI=1S/C13H19N3O3/c1-9-7-15(8-10(2)19-9)12-4-11(14-3)5-13(6-12)16(17)18/h4-6,9-10,14H,7-8H2,1-3H3/t9-,10+. The highest BCUT2D eigenvalue weighted by Gasteiger charge is 2.24. The van der Waals surface area contributed by atoms with Crippen LogP contribution >= 0.6 is 0 Å². The fourth-order valence-corrected chi connectivity index (χ4v) is 2.42. The molecule has 0 aliphatic carbocycles. The quantitative estimate of drug-likeness (QED) is 0.670. The Hall–Kier alpha value is -1.82. The van der Waals surface area contributed by atoms with Crippen molar-refractivity contribution in [2.45, 2.75) is 26.1 Å². The second-order valence-corrected chi connectivity index (χ2v) is 4.91. The Bertz CT molecular complexity index is 468. The number of benzene rings is 1. The van der Waals surface area contributed by atoms with E-state index in [0.29, 0.717) is 0 Å². The van der Waals surface area contributed by atoms with E-state index in [1.54, 1.807) is 13.1 Å². The first-order chi connectivity index (χ1) is 8.99. The van der Waals surface area contributed by atoms with Crippen LogP contribution in [-0.2, 0) is 4.74 Å². The number of ether oxygens (including phenoxy) is 1. The molecule has 6 nitrogen and oxygen atoms in total. The zero-order chi connectivity index (χ0) is 14.0. The molecule has 0 bridgehead atoms. The number of hydrogen-bond donors (Lipinski definition) is 1. The largest absolute Gasteiger partial charge is 0.388 e. The van der Waals surface area contributed by atoms with Gasteiger partial charge in [0.2, 0.25) is 0 Å². The molecular weight excluding hydrogens is 246 g/mol. The van der Waals surface area contributed by atoms with Crippen molar-refractivity contribution in [3.05, 3.63) is 28.3 Å². The van der Waals surface area contributed by atoms with Gasteiger partial charge in [-0.25, -0.2) is 0 Å². The van der Waals surface area contributed by atoms with Gasteiger partial charge in [-0.2, -0.15) is 0 Å². The maximum absolute atomic E-state index is 11.0. The van der Waals surface area contributed by atoms with Crippen LogP contribution in [0.25, 0.3) is 0 Å². The fourth-order valence-electron chi connectivity index (χ4n) is 2.42. The lowest BCUT2D eigenvalue weighted by atomic mass is 10.1. The number of hydrogen-bond acceptors (Lipinski definition) is 5. The Labute approximate surface area is 112 Å². The predicted molar refractivity (Wildman–Crippen MR) is 74.9 cm³/mol. The van der Waals surface area contributed by atoms with Gasteiger partial charge in [0.05, 0.1) is 17.1 Å². The molecule has 1 saturated heterocycles. The second kappa shape index (κ2) is 5.44. The van der Waals surface area contributed by atoms with Gasteiger partial charge in [0, 0.05) is 43.6 Å². The van der Waals surface area contributed by atoms with Crippen molar-refractivity contribution in [3.8, 4) is 0 Å². The van der Waals surface area contributed by atoms with Crippen molar-refractivity contribution in [3.63, 3.8) is 0 Å². The van der Waals surface area contributed by atoms with Crippen LogP contribution in [0.2, 0.25) is 0 Å². The Kier molecular flexibility index (Phi) is 3.90. The number of rotatable bonds is 3. The minimum absolute atomic E-state index is 0.105. The predicted octanol–water partition coefficient (Wildman–Crippen LogP) is 2.25. The summed E-state index contributed by atoms with van der Waals surface area (Å²) in [4.78, 5) is 12.7. The van der Waals surface area contributed by atoms with Crippen LogP contribution < -0.4 is 10.2 Å². The Balaban J connectivity index is 2.32. The van der Waals surface area contributed by atoms with Gasteiger partial charge in [0.25, 0.3) is 5.69 Å². The smallest absolute Gasteiger partial charge is 0.273 e. The van der Waals surface area contributed by atoms with Gasteiger partial charge in [-0.3, -0.25) is 10.1 Å². The van der Waals surface area contributed by atoms with Crippen LogP contribution in [0.1, 0.15) is 13.8 Å². The van der Waals surface area contributed by atoms with Gasteiger partial charge in [-0.15, -0.1) is 0 Å². The summed E-state index contributed by atoms with van der Waals surface area (Å²) in [7, 11) is 1.76. The molecule has 1 fully saturated rings. The second-order valence-electron chi connectivity index (χ2n) is 4.91. The third kappa shape index (κ3) is 3.14. The average Bonchev–Trinajstić information content (AvgIpc) is 2.37. The number of morpholine rings is 1. The van der Waals surface area contributed by atoms with Gasteiger partial charge >= 0.3 is 0 Å². The molecule has 104 valence electrons. The highest BCUT2D eigenvalue weighted by Crippen LogP contribution is 2.28. The number of non-ortho nitro benzene ring substituents is 1. The zero-order valence-electron chi connectivity index (χ0n) is 11.4. The minimum Gasteiger partial charge on any atom is -0.388 e. The molecule has 2 atom stereocenters. The number of nitrogens with one attached hydrogen (secondary N) is 1. The van der Waals surface area contributed by atoms with E-state index in [0.717, 1.165) is 24.5 Å². The van der Waals surface area contributed by atoms with Crippen molar-refractivity contribution >= 4 is 17.1 Å². The molecule has 1 N–H and O–H groups in total. The average molecular weight is 265 g/mol. The summed E-state index contributed by atoms with van der Waals surface area (Å²) in [5.41, 5.74) is 1.71. The molecule has 1 aliphatic rings. The lowest BCUT2D eigenvalue weighted by Crippen LogP contribution is -2.45. The minimum atomic E-state index is -0.363. The molecule has 0 radical (unpaired) electrons. The fraction of sp³-hybridized carbons (Fsp3) is 0.538. The molecular formula is C13H19N3O3. The molecule has 1 aliphatic heterocycles. The molecule has 0 amide bonds. The number of anilines is 2. The van der Waals surface area contributed by atoms with Crippen LogP contribution in [0.3, 0.4) is 0 Å². The van der Waals surface area contributed by atoms with Crippen LogP contribution in [-0.4, -0.2) is 37.3 Å². The summed E-state index contributed by atoms with van der Waals surface area (Å²) in [6.45, 7) is 5.52. The van der Waals surface area contributed by atoms with Crippen LogP contribution in [0, 0.1) is 10.1 Å². The molecule has 19 heavy (non-hydrogen) atoms. The van der Waals surface area contributed by atoms with Gasteiger partial charge in [0.1, 0.15) is 0 Å². The van der Waals surface area contributed by atoms with E-state index >= 15 is 0 Å². The van der Waals surface area contributed by atoms with Gasteiger partial charge in [-0.1, -0.05) is 0 Å². The molecule has 0 unspecified atom stereocenters. The van der Waals surface area contributed by atoms with E-state index in [9.17, 15) is 10.1 Å².